The molecule has 2 aromatic carbocycles. The molecule has 1 aliphatic heterocycles. The van der Waals surface area contributed by atoms with Crippen molar-refractivity contribution >= 4 is 40.2 Å². The fourth-order valence-electron chi connectivity index (χ4n) is 2.56. The predicted molar refractivity (Wildman–Crippen MR) is 92.9 cm³/mol. The van der Waals surface area contributed by atoms with Gasteiger partial charge in [-0.25, -0.2) is 0 Å². The highest BCUT2D eigenvalue weighted by atomic mass is 35.5. The van der Waals surface area contributed by atoms with Crippen LogP contribution in [0.1, 0.15) is 11.1 Å². The van der Waals surface area contributed by atoms with Crippen LogP contribution in [-0.2, 0) is 0 Å². The predicted octanol–water partition coefficient (Wildman–Crippen LogP) is 3.88. The maximum atomic E-state index is 6.04. The first-order valence-electron chi connectivity index (χ1n) is 7.41. The monoisotopic (exact) mass is 326 g/mol. The van der Waals surface area contributed by atoms with E-state index in [1.165, 1.54) is 0 Å². The second kappa shape index (κ2) is 5.59. The van der Waals surface area contributed by atoms with Gasteiger partial charge in [0.2, 0.25) is 0 Å². The highest BCUT2D eigenvalue weighted by molar-refractivity contribution is 6.31. The number of rotatable bonds is 3. The van der Waals surface area contributed by atoms with E-state index in [-0.39, 0.29) is 0 Å². The molecule has 0 fully saturated rings. The van der Waals surface area contributed by atoms with E-state index in [4.69, 9.17) is 16.0 Å². The van der Waals surface area contributed by atoms with Crippen LogP contribution in [0.15, 0.2) is 45.8 Å². The normalized spacial score (nSPS) is 13.9. The van der Waals surface area contributed by atoms with Crippen molar-refractivity contribution in [1.82, 2.24) is 10.3 Å². The quantitative estimate of drug-likeness (QED) is 0.766. The maximum Gasteiger partial charge on any atom is 0.300 e. The minimum Gasteiger partial charge on any atom is -0.423 e. The van der Waals surface area contributed by atoms with Crippen molar-refractivity contribution in [3.63, 3.8) is 0 Å². The largest absolute Gasteiger partial charge is 0.423 e. The average Bonchev–Trinajstić information content (AvgIpc) is 3.19. The number of oxazole rings is 1. The number of hydrogen-bond acceptors (Lipinski definition) is 5. The van der Waals surface area contributed by atoms with Gasteiger partial charge in [0.15, 0.2) is 5.58 Å². The van der Waals surface area contributed by atoms with Gasteiger partial charge in [0.25, 0.3) is 6.01 Å². The molecule has 3 aromatic rings. The summed E-state index contributed by atoms with van der Waals surface area (Å²) in [6.07, 6.45) is 0. The lowest BCUT2D eigenvalue weighted by atomic mass is 10.2. The van der Waals surface area contributed by atoms with Crippen LogP contribution in [0.2, 0.25) is 5.02 Å². The van der Waals surface area contributed by atoms with Crippen LogP contribution in [0.5, 0.6) is 0 Å². The number of amidine groups is 1. The molecular weight excluding hydrogens is 312 g/mol. The van der Waals surface area contributed by atoms with E-state index in [1.807, 2.05) is 43.3 Å². The number of fused-ring (bicyclic) bond motifs is 1. The summed E-state index contributed by atoms with van der Waals surface area (Å²) >= 11 is 6.04. The standard InChI is InChI=1S/C17H15ClN4O/c1-10-8-12(3-4-13(10)18)21-17-22-14-5-2-11(9-15(14)23-17)16-19-6-7-20-16/h2-5,8-9H,6-7H2,1H3,(H,19,20)(H,21,22). The summed E-state index contributed by atoms with van der Waals surface area (Å²) in [6, 6.07) is 12.1. The number of nitrogens with one attached hydrogen (secondary N) is 2. The van der Waals surface area contributed by atoms with Gasteiger partial charge in [-0.2, -0.15) is 4.98 Å². The van der Waals surface area contributed by atoms with Crippen LogP contribution in [-0.4, -0.2) is 23.9 Å². The zero-order valence-electron chi connectivity index (χ0n) is 12.6. The number of halogens is 1. The third-order valence-electron chi connectivity index (χ3n) is 3.75. The van der Waals surface area contributed by atoms with Gasteiger partial charge in [-0.15, -0.1) is 0 Å². The summed E-state index contributed by atoms with van der Waals surface area (Å²) in [4.78, 5) is 8.88. The molecule has 0 bridgehead atoms. The highest BCUT2D eigenvalue weighted by Gasteiger charge is 2.12. The lowest BCUT2D eigenvalue weighted by Gasteiger charge is -2.03. The molecule has 116 valence electrons. The van der Waals surface area contributed by atoms with Gasteiger partial charge in [-0.1, -0.05) is 11.6 Å². The first-order valence-corrected chi connectivity index (χ1v) is 7.79. The van der Waals surface area contributed by atoms with Crippen LogP contribution in [0, 0.1) is 6.92 Å². The lowest BCUT2D eigenvalue weighted by molar-refractivity contribution is 0.623. The number of aromatic nitrogens is 1. The molecule has 0 aliphatic carbocycles. The van der Waals surface area contributed by atoms with Gasteiger partial charge in [-0.05, 0) is 48.9 Å². The molecule has 4 rings (SSSR count). The molecule has 0 amide bonds. The van der Waals surface area contributed by atoms with Gasteiger partial charge in [-0.3, -0.25) is 4.99 Å². The van der Waals surface area contributed by atoms with Crippen LogP contribution in [0.25, 0.3) is 11.1 Å². The maximum absolute atomic E-state index is 6.04. The smallest absolute Gasteiger partial charge is 0.300 e. The number of aryl methyl sites for hydroxylation is 1. The molecule has 1 aromatic heterocycles. The Morgan fingerprint density at radius 1 is 1.22 bits per heavy atom. The van der Waals surface area contributed by atoms with Gasteiger partial charge in [0.1, 0.15) is 11.4 Å². The number of hydrogen-bond donors (Lipinski definition) is 2. The lowest BCUT2D eigenvalue weighted by Crippen LogP contribution is -2.19. The van der Waals surface area contributed by atoms with Crippen molar-refractivity contribution in [1.29, 1.82) is 0 Å². The summed E-state index contributed by atoms with van der Waals surface area (Å²) in [5.41, 5.74) is 4.44. The fraction of sp³-hybridized carbons (Fsp3) is 0.176. The van der Waals surface area contributed by atoms with Crippen molar-refractivity contribution in [2.24, 2.45) is 4.99 Å². The summed E-state index contributed by atoms with van der Waals surface area (Å²) in [7, 11) is 0. The molecule has 0 unspecified atom stereocenters. The van der Waals surface area contributed by atoms with Gasteiger partial charge in [0, 0.05) is 22.8 Å². The van der Waals surface area contributed by atoms with E-state index in [2.05, 4.69) is 20.6 Å². The summed E-state index contributed by atoms with van der Waals surface area (Å²) in [5, 5.41) is 7.16. The van der Waals surface area contributed by atoms with E-state index in [0.717, 1.165) is 51.9 Å². The zero-order valence-corrected chi connectivity index (χ0v) is 13.3. The molecule has 0 saturated carbocycles. The topological polar surface area (TPSA) is 62.5 Å². The zero-order chi connectivity index (χ0) is 15.8. The average molecular weight is 327 g/mol. The second-order valence-electron chi connectivity index (χ2n) is 5.45. The molecule has 6 heteroatoms. The molecule has 2 heterocycles. The van der Waals surface area contributed by atoms with E-state index < -0.39 is 0 Å². The Hall–Kier alpha value is -2.53. The molecule has 0 spiro atoms. The molecule has 0 radical (unpaired) electrons. The Kier molecular flexibility index (Phi) is 3.42. The van der Waals surface area contributed by atoms with Gasteiger partial charge < -0.3 is 15.1 Å². The van der Waals surface area contributed by atoms with Crippen LogP contribution in [0.4, 0.5) is 11.7 Å². The third kappa shape index (κ3) is 2.75. The SMILES string of the molecule is Cc1cc(Nc2nc3ccc(C4=NCCN4)cc3o2)ccc1Cl. The Balaban J connectivity index is 1.64. The molecule has 1 aliphatic rings. The minimum absolute atomic E-state index is 0.459. The van der Waals surface area contributed by atoms with Crippen molar-refractivity contribution in [2.45, 2.75) is 6.92 Å². The Labute approximate surface area is 138 Å². The van der Waals surface area contributed by atoms with E-state index in [9.17, 15) is 0 Å². The summed E-state index contributed by atoms with van der Waals surface area (Å²) in [6.45, 7) is 3.65. The van der Waals surface area contributed by atoms with Gasteiger partial charge in [0.05, 0.1) is 6.54 Å². The Morgan fingerprint density at radius 2 is 2.13 bits per heavy atom. The van der Waals surface area contributed by atoms with Crippen molar-refractivity contribution in [3.05, 3.63) is 52.5 Å². The number of benzene rings is 2. The van der Waals surface area contributed by atoms with E-state index in [0.29, 0.717) is 6.01 Å². The second-order valence-corrected chi connectivity index (χ2v) is 5.85. The first-order chi connectivity index (χ1) is 11.2. The van der Waals surface area contributed by atoms with Crippen molar-refractivity contribution < 1.29 is 4.42 Å². The van der Waals surface area contributed by atoms with E-state index in [1.54, 1.807) is 0 Å². The van der Waals surface area contributed by atoms with Crippen LogP contribution < -0.4 is 10.6 Å². The molecular formula is C17H15ClN4O. The van der Waals surface area contributed by atoms with Crippen LogP contribution in [0.3, 0.4) is 0 Å². The Morgan fingerprint density at radius 3 is 2.91 bits per heavy atom. The third-order valence-corrected chi connectivity index (χ3v) is 4.17. The Bertz CT molecular complexity index is 916. The number of nitrogens with zero attached hydrogens (tertiary/aromatic N) is 2. The minimum atomic E-state index is 0.459. The molecule has 0 atom stereocenters. The molecule has 2 N–H and O–H groups in total. The number of anilines is 2. The highest BCUT2D eigenvalue weighted by Crippen LogP contribution is 2.25. The van der Waals surface area contributed by atoms with E-state index >= 15 is 0 Å². The van der Waals surface area contributed by atoms with Crippen molar-refractivity contribution in [2.75, 3.05) is 18.4 Å². The molecule has 23 heavy (non-hydrogen) atoms. The van der Waals surface area contributed by atoms with Crippen molar-refractivity contribution in [3.8, 4) is 0 Å². The molecule has 0 saturated heterocycles. The summed E-state index contributed by atoms with van der Waals surface area (Å²) < 4.78 is 5.80. The van der Waals surface area contributed by atoms with Crippen LogP contribution >= 0.6 is 11.6 Å². The summed E-state index contributed by atoms with van der Waals surface area (Å²) in [5.74, 6) is 0.908. The fourth-order valence-corrected chi connectivity index (χ4v) is 2.68. The molecule has 5 nitrogen and oxygen atoms in total. The van der Waals surface area contributed by atoms with Gasteiger partial charge >= 0.3 is 0 Å². The number of aliphatic imine (C=N–C) groups is 1. The first kappa shape index (κ1) is 14.1.